The molecule has 1 aromatic rings. The maximum Gasteiger partial charge on any atom is 0.118 e. The monoisotopic (exact) mass is 141 g/mol. The van der Waals surface area contributed by atoms with Crippen LogP contribution in [0.3, 0.4) is 0 Å². The van der Waals surface area contributed by atoms with Crippen LogP contribution in [0.5, 0.6) is 5.75 Å². The third kappa shape index (κ3) is 1.50. The second-order valence-corrected chi connectivity index (χ2v) is 1.85. The van der Waals surface area contributed by atoms with Crippen molar-refractivity contribution in [2.45, 2.75) is 13.2 Å². The second-order valence-electron chi connectivity index (χ2n) is 1.85. The van der Waals surface area contributed by atoms with Gasteiger partial charge < -0.3 is 4.74 Å². The van der Waals surface area contributed by atoms with E-state index in [9.17, 15) is 0 Å². The number of hydrogen-bond acceptors (Lipinski definition) is 1. The van der Waals surface area contributed by atoms with Crippen molar-refractivity contribution >= 4 is 0 Å². The summed E-state index contributed by atoms with van der Waals surface area (Å²) < 4.78 is 41.2. The number of hydrogen-bond donors (Lipinski definition) is 0. The third-order valence-corrected chi connectivity index (χ3v) is 1.23. The van der Waals surface area contributed by atoms with E-state index in [1.165, 1.54) is 19.2 Å². The molecular formula is C9H12O. The van der Waals surface area contributed by atoms with Crippen LogP contribution in [0, 0.1) is 0 Å². The first-order chi connectivity index (χ1) is 6.79. The lowest BCUT2D eigenvalue weighted by Gasteiger charge is -1.99. The van der Waals surface area contributed by atoms with Crippen LogP contribution in [-0.2, 0) is 6.37 Å². The van der Waals surface area contributed by atoms with Crippen LogP contribution in [0.25, 0.3) is 0 Å². The molecule has 0 atom stereocenters. The molecule has 0 saturated carbocycles. The van der Waals surface area contributed by atoms with Crippen LogP contribution >= 0.6 is 0 Å². The van der Waals surface area contributed by atoms with Gasteiger partial charge in [-0.1, -0.05) is 19.0 Å². The van der Waals surface area contributed by atoms with E-state index in [1.54, 1.807) is 12.1 Å². The molecule has 0 amide bonds. The Balaban J connectivity index is 3.06. The van der Waals surface area contributed by atoms with Gasteiger partial charge in [0.15, 0.2) is 0 Å². The number of ether oxygens (including phenoxy) is 1. The average Bonchev–Trinajstić information content (AvgIpc) is 2.16. The Morgan fingerprint density at radius 3 is 2.70 bits per heavy atom. The van der Waals surface area contributed by atoms with Crippen molar-refractivity contribution in [2.75, 3.05) is 7.11 Å². The largest absolute Gasteiger partial charge is 0.497 e. The zero-order valence-corrected chi connectivity index (χ0v) is 5.72. The van der Waals surface area contributed by atoms with Crippen LogP contribution in [0.15, 0.2) is 24.3 Å². The molecule has 0 N–H and O–H groups in total. The first kappa shape index (κ1) is 2.95. The first-order valence-electron chi connectivity index (χ1n) is 5.43. The number of methoxy groups -OCH3 is 1. The fraction of sp³-hybridized carbons (Fsp3) is 0.333. The molecular weight excluding hydrogens is 124 g/mol. The molecule has 1 nitrogen and oxygen atoms in total. The quantitative estimate of drug-likeness (QED) is 0.614. The summed E-state index contributed by atoms with van der Waals surface area (Å²) in [6.07, 6.45) is -2.33. The summed E-state index contributed by atoms with van der Waals surface area (Å²) >= 11 is 0. The summed E-state index contributed by atoms with van der Waals surface area (Å²) in [7, 11) is 1.49. The van der Waals surface area contributed by atoms with E-state index in [4.69, 9.17) is 11.6 Å². The highest BCUT2D eigenvalue weighted by atomic mass is 16.5. The summed E-state index contributed by atoms with van der Waals surface area (Å²) in [4.78, 5) is 0. The van der Waals surface area contributed by atoms with Gasteiger partial charge >= 0.3 is 0 Å². The van der Waals surface area contributed by atoms with Crippen LogP contribution in [0.1, 0.15) is 19.3 Å². The number of benzene rings is 1. The highest BCUT2D eigenvalue weighted by molar-refractivity contribution is 5.26. The Labute approximate surface area is 68.7 Å². The van der Waals surface area contributed by atoms with Crippen LogP contribution in [0.2, 0.25) is 0 Å². The van der Waals surface area contributed by atoms with Gasteiger partial charge in [0.05, 0.1) is 7.11 Å². The minimum atomic E-state index is -2.67. The van der Waals surface area contributed by atoms with Gasteiger partial charge in [-0.2, -0.15) is 0 Å². The summed E-state index contributed by atoms with van der Waals surface area (Å²) in [6.45, 7) is -2.67. The Morgan fingerprint density at radius 2 is 2.20 bits per heavy atom. The van der Waals surface area contributed by atoms with Crippen LogP contribution < -0.4 is 4.74 Å². The van der Waals surface area contributed by atoms with Crippen molar-refractivity contribution in [2.24, 2.45) is 0 Å². The van der Waals surface area contributed by atoms with E-state index in [0.29, 0.717) is 5.75 Å². The SMILES string of the molecule is [2H]C([2H])([2H])C([2H])([2H])c1ccc(OC)cc1. The highest BCUT2D eigenvalue weighted by Gasteiger charge is 1.89. The van der Waals surface area contributed by atoms with Crippen molar-refractivity contribution in [1.82, 2.24) is 0 Å². The Hall–Kier alpha value is -0.980. The van der Waals surface area contributed by atoms with Crippen molar-refractivity contribution in [3.8, 4) is 5.75 Å². The first-order valence-corrected chi connectivity index (χ1v) is 2.93. The van der Waals surface area contributed by atoms with E-state index in [0.717, 1.165) is 0 Å². The molecule has 0 radical (unpaired) electrons. The Bertz CT molecular complexity index is 327. The minimum Gasteiger partial charge on any atom is -0.497 e. The van der Waals surface area contributed by atoms with Crippen LogP contribution in [0.4, 0.5) is 0 Å². The van der Waals surface area contributed by atoms with E-state index in [-0.39, 0.29) is 5.56 Å². The molecule has 0 aromatic heterocycles. The Kier molecular flexibility index (Phi) is 0.961. The minimum absolute atomic E-state index is 0.128. The smallest absolute Gasteiger partial charge is 0.118 e. The zero-order chi connectivity index (χ0) is 11.7. The van der Waals surface area contributed by atoms with E-state index < -0.39 is 13.2 Å². The Morgan fingerprint density at radius 1 is 1.50 bits per heavy atom. The molecule has 0 bridgehead atoms. The average molecular weight is 141 g/mol. The van der Waals surface area contributed by atoms with Gasteiger partial charge in [0.25, 0.3) is 0 Å². The number of aryl methyl sites for hydroxylation is 1. The van der Waals surface area contributed by atoms with Gasteiger partial charge in [0, 0.05) is 6.85 Å². The van der Waals surface area contributed by atoms with Gasteiger partial charge in [-0.3, -0.25) is 0 Å². The molecule has 54 valence electrons. The molecule has 1 heteroatoms. The molecule has 0 unspecified atom stereocenters. The normalized spacial score (nSPS) is 19.5. The van der Waals surface area contributed by atoms with E-state index in [1.807, 2.05) is 0 Å². The van der Waals surface area contributed by atoms with Gasteiger partial charge in [0.1, 0.15) is 5.75 Å². The van der Waals surface area contributed by atoms with Crippen molar-refractivity contribution < 1.29 is 11.6 Å². The van der Waals surface area contributed by atoms with Gasteiger partial charge in [-0.25, -0.2) is 0 Å². The standard InChI is InChI=1S/C9H12O/c1-3-8-4-6-9(10-2)7-5-8/h4-7H,3H2,1-2H3/i1D3,3D2. The van der Waals surface area contributed by atoms with E-state index in [2.05, 4.69) is 0 Å². The van der Waals surface area contributed by atoms with Gasteiger partial charge in [-0.05, 0) is 24.1 Å². The van der Waals surface area contributed by atoms with Gasteiger partial charge in [-0.15, -0.1) is 0 Å². The molecule has 0 heterocycles. The summed E-state index contributed by atoms with van der Waals surface area (Å²) in [5, 5.41) is 0. The zero-order valence-electron chi connectivity index (χ0n) is 10.7. The summed E-state index contributed by atoms with van der Waals surface area (Å²) in [6, 6.07) is 5.92. The maximum absolute atomic E-state index is 7.51. The lowest BCUT2D eigenvalue weighted by Crippen LogP contribution is -1.83. The molecule has 0 aliphatic carbocycles. The molecule has 10 heavy (non-hydrogen) atoms. The topological polar surface area (TPSA) is 9.23 Å². The fourth-order valence-corrected chi connectivity index (χ4v) is 0.674. The second kappa shape index (κ2) is 3.25. The van der Waals surface area contributed by atoms with Crippen molar-refractivity contribution in [3.63, 3.8) is 0 Å². The summed E-state index contributed by atoms with van der Waals surface area (Å²) in [5.74, 6) is 0.570. The summed E-state index contributed by atoms with van der Waals surface area (Å²) in [5.41, 5.74) is 0.128. The molecule has 1 aromatic carbocycles. The third-order valence-electron chi connectivity index (χ3n) is 1.23. The van der Waals surface area contributed by atoms with Crippen molar-refractivity contribution in [1.29, 1.82) is 0 Å². The number of rotatable bonds is 2. The predicted octanol–water partition coefficient (Wildman–Crippen LogP) is 2.26. The molecule has 0 fully saturated rings. The molecule has 0 saturated heterocycles. The van der Waals surface area contributed by atoms with E-state index >= 15 is 0 Å². The van der Waals surface area contributed by atoms with Crippen molar-refractivity contribution in [3.05, 3.63) is 29.8 Å². The highest BCUT2D eigenvalue weighted by Crippen LogP contribution is 2.10. The molecule has 0 aliphatic rings. The lowest BCUT2D eigenvalue weighted by atomic mass is 10.2. The molecule has 1 rings (SSSR count). The van der Waals surface area contributed by atoms with Gasteiger partial charge in [0.2, 0.25) is 0 Å². The molecule has 0 spiro atoms. The van der Waals surface area contributed by atoms with Crippen LogP contribution in [-0.4, -0.2) is 7.11 Å². The fourth-order valence-electron chi connectivity index (χ4n) is 0.674. The predicted molar refractivity (Wildman–Crippen MR) is 42.4 cm³/mol. The lowest BCUT2D eigenvalue weighted by molar-refractivity contribution is 0.414. The maximum atomic E-state index is 7.51. The molecule has 0 aliphatic heterocycles.